The van der Waals surface area contributed by atoms with Crippen LogP contribution in [0.25, 0.3) is 10.9 Å². The van der Waals surface area contributed by atoms with Gasteiger partial charge < -0.3 is 74.9 Å². The van der Waals surface area contributed by atoms with Crippen LogP contribution in [0.3, 0.4) is 0 Å². The van der Waals surface area contributed by atoms with Crippen molar-refractivity contribution in [1.29, 1.82) is 0 Å². The van der Waals surface area contributed by atoms with Crippen molar-refractivity contribution in [1.82, 2.24) is 47.5 Å². The van der Waals surface area contributed by atoms with Crippen molar-refractivity contribution in [3.05, 3.63) is 102 Å². The first-order valence-corrected chi connectivity index (χ1v) is 26.2. The molecule has 0 spiro atoms. The fourth-order valence-corrected chi connectivity index (χ4v) is 8.38. The summed E-state index contributed by atoms with van der Waals surface area (Å²) in [5.41, 5.74) is 20.4. The van der Waals surface area contributed by atoms with E-state index in [2.05, 4.69) is 60.1 Å². The molecule has 24 heteroatoms. The van der Waals surface area contributed by atoms with Crippen molar-refractivity contribution in [2.75, 3.05) is 31.9 Å². The number of aromatic hydroxyl groups is 1. The molecule has 1 heterocycles. The molecule has 4 rings (SSSR count). The monoisotopic (exact) mass is 1090 g/mol. The molecule has 4 aromatic rings. The smallest absolute Gasteiger partial charge is 0.326 e. The Balaban J connectivity index is 1.47. The lowest BCUT2D eigenvalue weighted by Crippen LogP contribution is -2.60. The van der Waals surface area contributed by atoms with E-state index >= 15 is 0 Å². The maximum Gasteiger partial charge on any atom is 0.326 e. The molecule has 0 saturated carbocycles. The van der Waals surface area contributed by atoms with Gasteiger partial charge in [0.05, 0.1) is 19.1 Å². The van der Waals surface area contributed by atoms with E-state index in [-0.39, 0.29) is 50.2 Å². The number of carboxylic acid groups (broad SMARTS) is 1. The summed E-state index contributed by atoms with van der Waals surface area (Å²) in [5.74, 6) is -8.03. The number of carbonyl (C=O) groups excluding carboxylic acids is 8. The van der Waals surface area contributed by atoms with Gasteiger partial charge in [-0.25, -0.2) is 4.79 Å². The van der Waals surface area contributed by atoms with Crippen LogP contribution in [0.1, 0.15) is 69.1 Å². The fraction of sp³-hybridized carbons (Fsp3) is 0.453. The molecule has 77 heavy (non-hydrogen) atoms. The van der Waals surface area contributed by atoms with Crippen LogP contribution >= 0.6 is 12.6 Å². The predicted molar refractivity (Wildman–Crippen MR) is 292 cm³/mol. The zero-order valence-electron chi connectivity index (χ0n) is 43.3. The molecule has 0 aliphatic rings. The van der Waals surface area contributed by atoms with Crippen LogP contribution < -0.4 is 59.7 Å². The normalized spacial score (nSPS) is 13.9. The van der Waals surface area contributed by atoms with Crippen LogP contribution in [0.5, 0.6) is 5.75 Å². The van der Waals surface area contributed by atoms with Gasteiger partial charge in [0.15, 0.2) is 0 Å². The van der Waals surface area contributed by atoms with E-state index in [9.17, 15) is 53.4 Å². The first-order chi connectivity index (χ1) is 36.8. The number of hydrogen-bond acceptors (Lipinski definition) is 14. The first-order valence-electron chi connectivity index (χ1n) is 25.6. The first kappa shape index (κ1) is 62.0. The molecular formula is C53H74N12O11S. The molecular weight excluding hydrogens is 1010 g/mol. The van der Waals surface area contributed by atoms with Crippen LogP contribution in [0.4, 0.5) is 0 Å². The summed E-state index contributed by atoms with van der Waals surface area (Å²) in [7, 11) is 0. The van der Waals surface area contributed by atoms with Gasteiger partial charge in [0.1, 0.15) is 42.0 Å². The molecule has 23 nitrogen and oxygen atoms in total. The third-order valence-corrected chi connectivity index (χ3v) is 12.8. The number of phenols is 1. The van der Waals surface area contributed by atoms with Gasteiger partial charge in [-0.15, -0.1) is 0 Å². The number of para-hydroxylation sites is 1. The van der Waals surface area contributed by atoms with E-state index in [0.717, 1.165) is 16.5 Å². The summed E-state index contributed by atoms with van der Waals surface area (Å²) in [5, 5.41) is 40.8. The lowest BCUT2D eigenvalue weighted by Gasteiger charge is -2.28. The number of rotatable bonds is 33. The summed E-state index contributed by atoms with van der Waals surface area (Å²) in [6, 6.07) is 13.9. The zero-order valence-corrected chi connectivity index (χ0v) is 44.2. The van der Waals surface area contributed by atoms with E-state index in [1.807, 2.05) is 54.6 Å². The average Bonchev–Trinajstić information content (AvgIpc) is 3.82. The minimum absolute atomic E-state index is 0.0120. The molecule has 17 N–H and O–H groups in total. The van der Waals surface area contributed by atoms with Gasteiger partial charge in [-0.3, -0.25) is 38.4 Å². The number of carbonyl (C=O) groups is 9. The number of carboxylic acids is 1. The number of unbranched alkanes of at least 4 members (excludes halogenated alkanes) is 2. The average molecular weight is 1090 g/mol. The van der Waals surface area contributed by atoms with E-state index in [0.29, 0.717) is 43.4 Å². The van der Waals surface area contributed by atoms with Crippen molar-refractivity contribution in [2.45, 2.75) is 114 Å². The number of aliphatic carboxylic acids is 1. The number of nitrogens with two attached hydrogens (primary N) is 3. The predicted octanol–water partition coefficient (Wildman–Crippen LogP) is -0.702. The molecule has 0 fully saturated rings. The SMILES string of the molecule is CC(C)[C@H](NC(=O)[C@H](CCCCN)NC(=O)[C@@H](Cc1c[nH]c2ccccc12)NC(=O)[C@H](Cc1ccc(O)cc1)NC(=O)[C@@H](N)Cc1ccccc1)C(=O)NCC(=O)NCC(=O)N[C@@H](CS)C(=O)N[C@@H](CCCCN)C(=O)O. The van der Waals surface area contributed by atoms with Crippen molar-refractivity contribution in [3.8, 4) is 5.75 Å². The van der Waals surface area contributed by atoms with Crippen molar-refractivity contribution >= 4 is 76.8 Å². The Kier molecular flexibility index (Phi) is 25.9. The fourth-order valence-electron chi connectivity index (χ4n) is 8.12. The highest BCUT2D eigenvalue weighted by Crippen LogP contribution is 2.20. The Labute approximate surface area is 452 Å². The summed E-state index contributed by atoms with van der Waals surface area (Å²) in [6.07, 6.45) is 3.81. The van der Waals surface area contributed by atoms with Crippen LogP contribution in [-0.4, -0.2) is 143 Å². The number of phenolic OH excluding ortho intramolecular Hbond substituents is 1. The number of aromatic nitrogens is 1. The number of H-pyrrole nitrogens is 1. The number of fused-ring (bicyclic) bond motifs is 1. The Hall–Kier alpha value is -7.54. The van der Waals surface area contributed by atoms with E-state index in [1.54, 1.807) is 32.2 Å². The summed E-state index contributed by atoms with van der Waals surface area (Å²) in [6.45, 7) is 2.70. The van der Waals surface area contributed by atoms with Gasteiger partial charge in [-0.1, -0.05) is 74.5 Å². The zero-order chi connectivity index (χ0) is 56.4. The van der Waals surface area contributed by atoms with Gasteiger partial charge in [0.25, 0.3) is 0 Å². The molecule has 0 saturated heterocycles. The highest BCUT2D eigenvalue weighted by molar-refractivity contribution is 7.80. The largest absolute Gasteiger partial charge is 0.508 e. The quantitative estimate of drug-likeness (QED) is 0.0207. The molecule has 1 aromatic heterocycles. The molecule has 418 valence electrons. The number of thiol groups is 1. The van der Waals surface area contributed by atoms with Gasteiger partial charge in [-0.2, -0.15) is 12.6 Å². The lowest BCUT2D eigenvalue weighted by atomic mass is 10.00. The van der Waals surface area contributed by atoms with Crippen LogP contribution in [0.15, 0.2) is 85.1 Å². The van der Waals surface area contributed by atoms with Crippen molar-refractivity contribution < 1.29 is 53.4 Å². The van der Waals surface area contributed by atoms with Gasteiger partial charge >= 0.3 is 5.97 Å². The maximum absolute atomic E-state index is 14.6. The lowest BCUT2D eigenvalue weighted by molar-refractivity contribution is -0.142. The highest BCUT2D eigenvalue weighted by atomic mass is 32.1. The van der Waals surface area contributed by atoms with Gasteiger partial charge in [0, 0.05) is 35.7 Å². The van der Waals surface area contributed by atoms with Crippen LogP contribution in [-0.2, 0) is 62.4 Å². The molecule has 3 aromatic carbocycles. The number of benzene rings is 3. The van der Waals surface area contributed by atoms with E-state index < -0.39 is 115 Å². The molecule has 0 aliphatic carbocycles. The molecule has 7 atom stereocenters. The van der Waals surface area contributed by atoms with E-state index in [1.165, 1.54) is 12.1 Å². The Morgan fingerprint density at radius 3 is 1.71 bits per heavy atom. The minimum Gasteiger partial charge on any atom is -0.508 e. The second kappa shape index (κ2) is 32.1. The third kappa shape index (κ3) is 20.8. The maximum atomic E-state index is 14.6. The Morgan fingerprint density at radius 1 is 0.558 bits per heavy atom. The number of aromatic amines is 1. The number of hydrogen-bond donors (Lipinski definition) is 15. The molecule has 8 amide bonds. The topological polar surface area (TPSA) is 384 Å². The number of amides is 8. The summed E-state index contributed by atoms with van der Waals surface area (Å²) in [4.78, 5) is 124. The van der Waals surface area contributed by atoms with Crippen molar-refractivity contribution in [3.63, 3.8) is 0 Å². The molecule has 0 bridgehead atoms. The summed E-state index contributed by atoms with van der Waals surface area (Å²) < 4.78 is 0. The molecule has 0 unspecified atom stereocenters. The van der Waals surface area contributed by atoms with Gasteiger partial charge in [-0.05, 0) is 98.8 Å². The second-order valence-corrected chi connectivity index (χ2v) is 19.3. The standard InChI is InChI=1S/C53H74N12O11S/c1-31(2)46(52(74)59-28-44(67)58-29-45(68)60-43(30-77)51(73)62-40(53(75)76)17-9-11-23-55)65-48(70)39(16-8-10-22-54)61-50(72)42(26-34-27-57-38-15-7-6-14-36(34)38)64-49(71)41(25-33-18-20-35(66)21-19-33)63-47(69)37(56)24-32-12-4-3-5-13-32/h3-7,12-15,18-21,27,31,37,39-43,46,57,66,77H,8-11,16-17,22-26,28-30,54-56H2,1-2H3,(H,58,67)(H,59,74)(H,60,68)(H,61,72)(H,62,73)(H,63,69)(H,64,71)(H,65,70)(H,75,76)/t37-,39-,40-,41-,42+,43-,46-/m0/s1. The summed E-state index contributed by atoms with van der Waals surface area (Å²) >= 11 is 4.09. The molecule has 0 aliphatic heterocycles. The van der Waals surface area contributed by atoms with Crippen molar-refractivity contribution in [2.24, 2.45) is 23.1 Å². The Bertz CT molecular complexity index is 2600. The molecule has 0 radical (unpaired) electrons. The minimum atomic E-state index is -1.34. The highest BCUT2D eigenvalue weighted by Gasteiger charge is 2.34. The van der Waals surface area contributed by atoms with Gasteiger partial charge in [0.2, 0.25) is 47.3 Å². The second-order valence-electron chi connectivity index (χ2n) is 18.9. The van der Waals surface area contributed by atoms with E-state index in [4.69, 9.17) is 17.2 Å². The third-order valence-electron chi connectivity index (χ3n) is 12.5. The van der Waals surface area contributed by atoms with Crippen LogP contribution in [0, 0.1) is 5.92 Å². The number of nitrogens with one attached hydrogen (secondary N) is 9. The van der Waals surface area contributed by atoms with Crippen LogP contribution in [0.2, 0.25) is 0 Å². The Morgan fingerprint density at radius 2 is 1.09 bits per heavy atom.